The highest BCUT2D eigenvalue weighted by Gasteiger charge is 2.15. The van der Waals surface area contributed by atoms with Crippen molar-refractivity contribution in [3.63, 3.8) is 0 Å². The molecule has 1 N–H and O–H groups in total. The van der Waals surface area contributed by atoms with Gasteiger partial charge in [0.15, 0.2) is 0 Å². The number of benzene rings is 2. The van der Waals surface area contributed by atoms with Gasteiger partial charge in [-0.2, -0.15) is 0 Å². The van der Waals surface area contributed by atoms with Crippen LogP contribution in [-0.4, -0.2) is 20.6 Å². The lowest BCUT2D eigenvalue weighted by Crippen LogP contribution is -2.07. The van der Waals surface area contributed by atoms with E-state index in [0.29, 0.717) is 5.15 Å². The van der Waals surface area contributed by atoms with Crippen molar-refractivity contribution in [3.05, 3.63) is 65.9 Å². The molecule has 0 aliphatic heterocycles. The summed E-state index contributed by atoms with van der Waals surface area (Å²) in [6, 6.07) is 17.4. The zero-order valence-corrected chi connectivity index (χ0v) is 13.4. The topological polar surface area (TPSA) is 55.1 Å². The number of aromatic nitrogens is 2. The molecule has 2 aromatic heterocycles. The summed E-state index contributed by atoms with van der Waals surface area (Å²) >= 11 is 6.20. The normalized spacial score (nSPS) is 11.2. The van der Waals surface area contributed by atoms with Crippen LogP contribution in [0.5, 0.6) is 0 Å². The molecule has 4 aromatic rings. The number of nitrogens with zero attached hydrogens (tertiary/aromatic N) is 2. The highest BCUT2D eigenvalue weighted by atomic mass is 35.5. The highest BCUT2D eigenvalue weighted by Crippen LogP contribution is 2.36. The van der Waals surface area contributed by atoms with Gasteiger partial charge in [0.25, 0.3) is 0 Å². The maximum Gasteiger partial charge on any atom is 0.323 e. The molecule has 0 spiro atoms. The molecule has 0 radical (unpaired) electrons. The van der Waals surface area contributed by atoms with Crippen molar-refractivity contribution < 1.29 is 9.90 Å². The Labute approximate surface area is 142 Å². The Hall–Kier alpha value is -2.85. The predicted octanol–water partition coefficient (Wildman–Crippen LogP) is 4.59. The fraction of sp³-hybridized carbons (Fsp3) is 0.0526. The smallest absolute Gasteiger partial charge is 0.323 e. The molecule has 0 saturated heterocycles. The minimum atomic E-state index is -0.875. The Balaban J connectivity index is 2.06. The van der Waals surface area contributed by atoms with E-state index < -0.39 is 5.97 Å². The molecule has 2 heterocycles. The van der Waals surface area contributed by atoms with E-state index in [1.807, 2.05) is 60.8 Å². The molecule has 0 atom stereocenters. The predicted molar refractivity (Wildman–Crippen MR) is 95.3 cm³/mol. The first-order valence-corrected chi connectivity index (χ1v) is 7.86. The van der Waals surface area contributed by atoms with Gasteiger partial charge in [0.2, 0.25) is 0 Å². The molecule has 0 fully saturated rings. The van der Waals surface area contributed by atoms with Gasteiger partial charge >= 0.3 is 5.97 Å². The minimum Gasteiger partial charge on any atom is -0.480 e. The lowest BCUT2D eigenvalue weighted by molar-refractivity contribution is -0.137. The Morgan fingerprint density at radius 1 is 1.04 bits per heavy atom. The van der Waals surface area contributed by atoms with Crippen molar-refractivity contribution >= 4 is 39.4 Å². The standard InChI is InChI=1S/C19H13ClN2O2/c20-18-9-14(12-5-1-3-7-16(12)21-18)15-10-22(11-19(23)24)17-8-4-2-6-13(15)17/h1-10H,11H2,(H,23,24). The number of hydrogen-bond acceptors (Lipinski definition) is 2. The first-order valence-electron chi connectivity index (χ1n) is 7.49. The van der Waals surface area contributed by atoms with E-state index in [1.165, 1.54) is 0 Å². The van der Waals surface area contributed by atoms with Crippen molar-refractivity contribution in [1.29, 1.82) is 0 Å². The molecule has 0 unspecified atom stereocenters. The number of carboxylic acid groups (broad SMARTS) is 1. The number of halogens is 1. The summed E-state index contributed by atoms with van der Waals surface area (Å²) in [7, 11) is 0. The first kappa shape index (κ1) is 14.7. The number of hydrogen-bond donors (Lipinski definition) is 1. The number of fused-ring (bicyclic) bond motifs is 2. The summed E-state index contributed by atoms with van der Waals surface area (Å²) in [6.07, 6.45) is 1.87. The van der Waals surface area contributed by atoms with Crippen LogP contribution in [0.3, 0.4) is 0 Å². The number of carbonyl (C=O) groups is 1. The van der Waals surface area contributed by atoms with Crippen LogP contribution in [-0.2, 0) is 11.3 Å². The van der Waals surface area contributed by atoms with E-state index in [9.17, 15) is 9.90 Å². The van der Waals surface area contributed by atoms with Crippen LogP contribution >= 0.6 is 11.6 Å². The molecule has 0 aliphatic rings. The molecule has 24 heavy (non-hydrogen) atoms. The average Bonchev–Trinajstić information content (AvgIpc) is 2.92. The van der Waals surface area contributed by atoms with Crippen molar-refractivity contribution in [2.75, 3.05) is 0 Å². The zero-order chi connectivity index (χ0) is 16.7. The van der Waals surface area contributed by atoms with Crippen molar-refractivity contribution in [2.24, 2.45) is 0 Å². The van der Waals surface area contributed by atoms with Gasteiger partial charge in [-0.05, 0) is 23.8 Å². The molecule has 0 bridgehead atoms. The molecule has 5 heteroatoms. The van der Waals surface area contributed by atoms with Gasteiger partial charge in [-0.15, -0.1) is 0 Å². The quantitative estimate of drug-likeness (QED) is 0.556. The molecular formula is C19H13ClN2O2. The van der Waals surface area contributed by atoms with Crippen LogP contribution < -0.4 is 0 Å². The second kappa shape index (κ2) is 5.65. The summed E-state index contributed by atoms with van der Waals surface area (Å²) in [5.41, 5.74) is 3.60. The van der Waals surface area contributed by atoms with Crippen LogP contribution in [0.25, 0.3) is 32.9 Å². The van der Waals surface area contributed by atoms with E-state index >= 15 is 0 Å². The summed E-state index contributed by atoms with van der Waals surface area (Å²) < 4.78 is 1.75. The Kier molecular flexibility index (Phi) is 3.47. The molecule has 0 aliphatic carbocycles. The molecule has 2 aromatic carbocycles. The van der Waals surface area contributed by atoms with Gasteiger partial charge in [-0.1, -0.05) is 48.0 Å². The second-order valence-corrected chi connectivity index (χ2v) is 5.98. The Morgan fingerprint density at radius 2 is 1.75 bits per heavy atom. The molecular weight excluding hydrogens is 324 g/mol. The van der Waals surface area contributed by atoms with E-state index in [-0.39, 0.29) is 6.54 Å². The lowest BCUT2D eigenvalue weighted by Gasteiger charge is -2.06. The third kappa shape index (κ3) is 2.41. The van der Waals surface area contributed by atoms with Crippen LogP contribution in [0.15, 0.2) is 60.8 Å². The number of para-hydroxylation sites is 2. The average molecular weight is 337 g/mol. The van der Waals surface area contributed by atoms with Crippen LogP contribution in [0.2, 0.25) is 5.15 Å². The molecule has 0 amide bonds. The second-order valence-electron chi connectivity index (χ2n) is 5.59. The largest absolute Gasteiger partial charge is 0.480 e. The van der Waals surface area contributed by atoms with Crippen molar-refractivity contribution in [1.82, 2.24) is 9.55 Å². The first-order chi connectivity index (χ1) is 11.6. The molecule has 0 saturated carbocycles. The monoisotopic (exact) mass is 336 g/mol. The van der Waals surface area contributed by atoms with Gasteiger partial charge in [0.05, 0.1) is 5.52 Å². The van der Waals surface area contributed by atoms with Gasteiger partial charge in [-0.3, -0.25) is 4.79 Å². The van der Waals surface area contributed by atoms with E-state index in [1.54, 1.807) is 4.57 Å². The van der Waals surface area contributed by atoms with Gasteiger partial charge < -0.3 is 9.67 Å². The fourth-order valence-corrected chi connectivity index (χ4v) is 3.30. The van der Waals surface area contributed by atoms with Gasteiger partial charge in [-0.25, -0.2) is 4.98 Å². The van der Waals surface area contributed by atoms with Gasteiger partial charge in [0, 0.05) is 28.0 Å². The summed E-state index contributed by atoms with van der Waals surface area (Å²) in [5, 5.41) is 11.6. The molecule has 4 nitrogen and oxygen atoms in total. The number of aliphatic carboxylic acids is 1. The van der Waals surface area contributed by atoms with E-state index in [0.717, 1.165) is 32.9 Å². The van der Waals surface area contributed by atoms with E-state index in [2.05, 4.69) is 4.98 Å². The molecule has 118 valence electrons. The summed E-state index contributed by atoms with van der Waals surface area (Å²) in [4.78, 5) is 15.5. The van der Waals surface area contributed by atoms with Crippen LogP contribution in [0.1, 0.15) is 0 Å². The third-order valence-corrected chi connectivity index (χ3v) is 4.26. The lowest BCUT2D eigenvalue weighted by atomic mass is 10.0. The fourth-order valence-electron chi connectivity index (χ4n) is 3.10. The number of carboxylic acids is 1. The van der Waals surface area contributed by atoms with Crippen LogP contribution in [0.4, 0.5) is 0 Å². The maximum atomic E-state index is 11.2. The van der Waals surface area contributed by atoms with Crippen molar-refractivity contribution in [3.8, 4) is 11.1 Å². The Morgan fingerprint density at radius 3 is 2.54 bits per heavy atom. The molecule has 4 rings (SSSR count). The minimum absolute atomic E-state index is 0.0861. The summed E-state index contributed by atoms with van der Waals surface area (Å²) in [6.45, 7) is -0.0861. The maximum absolute atomic E-state index is 11.2. The van der Waals surface area contributed by atoms with Crippen molar-refractivity contribution in [2.45, 2.75) is 6.54 Å². The number of pyridine rings is 1. The number of rotatable bonds is 3. The Bertz CT molecular complexity index is 1090. The van der Waals surface area contributed by atoms with Gasteiger partial charge in [0.1, 0.15) is 11.7 Å². The third-order valence-electron chi connectivity index (χ3n) is 4.07. The SMILES string of the molecule is O=C(O)Cn1cc(-c2cc(Cl)nc3ccccc23)c2ccccc21. The highest BCUT2D eigenvalue weighted by molar-refractivity contribution is 6.30. The zero-order valence-electron chi connectivity index (χ0n) is 12.6. The summed E-state index contributed by atoms with van der Waals surface area (Å²) in [5.74, 6) is -0.875. The van der Waals surface area contributed by atoms with E-state index in [4.69, 9.17) is 11.6 Å². The van der Waals surface area contributed by atoms with Crippen LogP contribution in [0, 0.1) is 0 Å².